The maximum absolute atomic E-state index is 12.5. The normalized spacial score (nSPS) is 20.8. The first-order valence-corrected chi connectivity index (χ1v) is 14.7. The number of benzene rings is 2. The molecule has 2 fully saturated rings. The molecule has 10 heteroatoms. The summed E-state index contributed by atoms with van der Waals surface area (Å²) in [7, 11) is 2.12. The summed E-state index contributed by atoms with van der Waals surface area (Å²) in [5, 5.41) is 22.1. The first kappa shape index (κ1) is 27.8. The third-order valence-corrected chi connectivity index (χ3v) is 8.83. The Labute approximate surface area is 246 Å². The Bertz CT molecular complexity index is 1540. The lowest BCUT2D eigenvalue weighted by atomic mass is 10.0. The number of likely N-dealkylation sites (tertiary alicyclic amines) is 1. The molecule has 1 aromatic heterocycles. The van der Waals surface area contributed by atoms with E-state index in [1.54, 1.807) is 11.0 Å². The number of nitriles is 1. The molecular weight excluding hydrogens is 530 g/mol. The van der Waals surface area contributed by atoms with Crippen LogP contribution in [-0.2, 0) is 17.8 Å². The van der Waals surface area contributed by atoms with E-state index < -0.39 is 0 Å². The highest BCUT2D eigenvalue weighted by Gasteiger charge is 2.33. The van der Waals surface area contributed by atoms with Crippen molar-refractivity contribution in [2.75, 3.05) is 56.2 Å². The molecule has 218 valence electrons. The van der Waals surface area contributed by atoms with E-state index in [1.165, 1.54) is 6.08 Å². The van der Waals surface area contributed by atoms with Gasteiger partial charge in [-0.15, -0.1) is 0 Å². The summed E-state index contributed by atoms with van der Waals surface area (Å²) in [6.07, 6.45) is 4.51. The number of rotatable bonds is 7. The van der Waals surface area contributed by atoms with Crippen LogP contribution in [-0.4, -0.2) is 89.2 Å². The molecule has 2 aromatic carbocycles. The number of hydrogen-bond acceptors (Lipinski definition) is 9. The average molecular weight is 568 g/mol. The molecule has 6 rings (SSSR count). The Hall–Kier alpha value is -4.36. The fraction of sp³-hybridized carbons (Fsp3) is 0.438. The minimum Gasteiger partial charge on any atom is -0.508 e. The largest absolute Gasteiger partial charge is 0.508 e. The summed E-state index contributed by atoms with van der Waals surface area (Å²) >= 11 is 0. The molecule has 0 aliphatic carbocycles. The Morgan fingerprint density at radius 2 is 2.02 bits per heavy atom. The van der Waals surface area contributed by atoms with Crippen molar-refractivity contribution in [1.82, 2.24) is 19.8 Å². The molecule has 1 N–H and O–H groups in total. The van der Waals surface area contributed by atoms with Crippen LogP contribution in [0.25, 0.3) is 10.8 Å². The van der Waals surface area contributed by atoms with Crippen molar-refractivity contribution < 1.29 is 14.6 Å². The van der Waals surface area contributed by atoms with Gasteiger partial charge in [0.2, 0.25) is 5.91 Å². The minimum atomic E-state index is -0.255. The van der Waals surface area contributed by atoms with Gasteiger partial charge < -0.3 is 29.4 Å². The van der Waals surface area contributed by atoms with E-state index in [0.29, 0.717) is 44.8 Å². The molecule has 0 bridgehead atoms. The second kappa shape index (κ2) is 11.9. The van der Waals surface area contributed by atoms with Crippen molar-refractivity contribution >= 4 is 28.2 Å². The Morgan fingerprint density at radius 3 is 2.81 bits per heavy atom. The second-order valence-corrected chi connectivity index (χ2v) is 11.4. The van der Waals surface area contributed by atoms with Crippen molar-refractivity contribution in [1.29, 1.82) is 5.26 Å². The molecule has 3 aromatic rings. The summed E-state index contributed by atoms with van der Waals surface area (Å²) in [5.74, 6) is 0.903. The lowest BCUT2D eigenvalue weighted by Crippen LogP contribution is -2.55. The average Bonchev–Trinajstić information content (AvgIpc) is 3.42. The maximum atomic E-state index is 12.5. The van der Waals surface area contributed by atoms with Gasteiger partial charge in [-0.1, -0.05) is 30.8 Å². The van der Waals surface area contributed by atoms with Crippen LogP contribution in [0.4, 0.5) is 11.5 Å². The van der Waals surface area contributed by atoms with Gasteiger partial charge in [-0.2, -0.15) is 15.2 Å². The lowest BCUT2D eigenvalue weighted by molar-refractivity contribution is -0.128. The second-order valence-electron chi connectivity index (χ2n) is 11.4. The van der Waals surface area contributed by atoms with Crippen LogP contribution >= 0.6 is 0 Å². The summed E-state index contributed by atoms with van der Waals surface area (Å²) < 4.78 is 6.26. The highest BCUT2D eigenvalue weighted by molar-refractivity contribution is 5.95. The van der Waals surface area contributed by atoms with Gasteiger partial charge >= 0.3 is 6.01 Å². The fourth-order valence-corrected chi connectivity index (χ4v) is 6.55. The summed E-state index contributed by atoms with van der Waals surface area (Å²) in [5.41, 5.74) is 2.94. The van der Waals surface area contributed by atoms with E-state index in [9.17, 15) is 15.2 Å². The molecule has 42 heavy (non-hydrogen) atoms. The molecule has 4 heterocycles. The highest BCUT2D eigenvalue weighted by Crippen LogP contribution is 2.37. The van der Waals surface area contributed by atoms with Crippen LogP contribution in [0.15, 0.2) is 49.1 Å². The summed E-state index contributed by atoms with van der Waals surface area (Å²) in [6.45, 7) is 8.10. The van der Waals surface area contributed by atoms with Gasteiger partial charge in [0.25, 0.3) is 0 Å². The zero-order valence-corrected chi connectivity index (χ0v) is 24.1. The SMILES string of the molecule is C=CC(=O)N1CCN(c2nc(OC[C@H]3CCCN3C)nc3c2CCN(c2cc(O)cc4ccccc24)C3)CC1CC#N. The number of piperazine rings is 1. The summed E-state index contributed by atoms with van der Waals surface area (Å²) in [6, 6.07) is 14.4. The Balaban J connectivity index is 1.34. The van der Waals surface area contributed by atoms with E-state index >= 15 is 0 Å². The number of carbonyl (C=O) groups is 1. The van der Waals surface area contributed by atoms with E-state index in [-0.39, 0.29) is 24.1 Å². The number of fused-ring (bicyclic) bond motifs is 2. The molecule has 0 radical (unpaired) electrons. The zero-order chi connectivity index (χ0) is 29.2. The molecule has 3 aliphatic heterocycles. The van der Waals surface area contributed by atoms with Gasteiger partial charge in [0, 0.05) is 54.9 Å². The molecule has 1 amide bonds. The number of amides is 1. The third kappa shape index (κ3) is 5.44. The number of hydrogen-bond donors (Lipinski definition) is 1. The number of nitrogens with zero attached hydrogens (tertiary/aromatic N) is 7. The number of likely N-dealkylation sites (N-methyl/N-ethyl adjacent to an activating group) is 1. The minimum absolute atomic E-state index is 0.154. The smallest absolute Gasteiger partial charge is 0.318 e. The molecule has 1 unspecified atom stereocenters. The number of anilines is 2. The fourth-order valence-electron chi connectivity index (χ4n) is 6.55. The topological polar surface area (TPSA) is 109 Å². The van der Waals surface area contributed by atoms with Crippen molar-refractivity contribution in [2.45, 2.75) is 44.3 Å². The molecule has 0 spiro atoms. The predicted octanol–water partition coefficient (Wildman–Crippen LogP) is 3.49. The van der Waals surface area contributed by atoms with Crippen LogP contribution in [0.3, 0.4) is 0 Å². The quantitative estimate of drug-likeness (QED) is 0.429. The molecule has 10 nitrogen and oxygen atoms in total. The standard InChI is InChI=1S/C32H37N7O3/c1-3-30(41)39-16-15-38(19-23(39)10-12-33)31-27-11-14-37(29-18-25(40)17-22-7-4-5-9-26(22)29)20-28(27)34-32(35-31)42-21-24-8-6-13-36(24)2/h3-5,7,9,17-18,23-24,40H,1,6,8,10-11,13-16,19-21H2,2H3/t23?,24-/m1/s1. The van der Waals surface area contributed by atoms with Gasteiger partial charge in [-0.3, -0.25) is 4.79 Å². The molecule has 2 saturated heterocycles. The first-order valence-electron chi connectivity index (χ1n) is 14.7. The van der Waals surface area contributed by atoms with Crippen LogP contribution in [0.1, 0.15) is 30.5 Å². The van der Waals surface area contributed by atoms with Crippen LogP contribution in [0.2, 0.25) is 0 Å². The Kier molecular flexibility index (Phi) is 7.85. The monoisotopic (exact) mass is 567 g/mol. The zero-order valence-electron chi connectivity index (χ0n) is 24.1. The van der Waals surface area contributed by atoms with E-state index in [4.69, 9.17) is 14.7 Å². The third-order valence-electron chi connectivity index (χ3n) is 8.83. The molecule has 2 atom stereocenters. The van der Waals surface area contributed by atoms with Crippen LogP contribution < -0.4 is 14.5 Å². The Morgan fingerprint density at radius 1 is 1.17 bits per heavy atom. The number of carbonyl (C=O) groups excluding carboxylic acids is 1. The number of aromatic nitrogens is 2. The van der Waals surface area contributed by atoms with E-state index in [0.717, 1.165) is 65.9 Å². The van der Waals surface area contributed by atoms with E-state index in [1.807, 2.05) is 24.3 Å². The van der Waals surface area contributed by atoms with Crippen molar-refractivity contribution in [3.8, 4) is 17.8 Å². The lowest BCUT2D eigenvalue weighted by Gasteiger charge is -2.42. The van der Waals surface area contributed by atoms with Crippen molar-refractivity contribution in [2.24, 2.45) is 0 Å². The van der Waals surface area contributed by atoms with Gasteiger partial charge in [0.15, 0.2) is 0 Å². The van der Waals surface area contributed by atoms with Gasteiger partial charge in [-0.05, 0) is 50.4 Å². The van der Waals surface area contributed by atoms with Gasteiger partial charge in [0.05, 0.1) is 30.8 Å². The molecular formula is C32H37N7O3. The van der Waals surface area contributed by atoms with Gasteiger partial charge in [0.1, 0.15) is 18.2 Å². The molecule has 0 saturated carbocycles. The van der Waals surface area contributed by atoms with Crippen molar-refractivity contribution in [3.63, 3.8) is 0 Å². The highest BCUT2D eigenvalue weighted by atomic mass is 16.5. The van der Waals surface area contributed by atoms with Gasteiger partial charge in [-0.25, -0.2) is 0 Å². The van der Waals surface area contributed by atoms with Crippen LogP contribution in [0.5, 0.6) is 11.8 Å². The number of phenolic OH excluding ortho intramolecular Hbond substituents is 1. The number of aromatic hydroxyl groups is 1. The summed E-state index contributed by atoms with van der Waals surface area (Å²) in [4.78, 5) is 30.9. The maximum Gasteiger partial charge on any atom is 0.318 e. The predicted molar refractivity (Wildman–Crippen MR) is 162 cm³/mol. The van der Waals surface area contributed by atoms with E-state index in [2.05, 4.69) is 40.5 Å². The van der Waals surface area contributed by atoms with Crippen LogP contribution in [0, 0.1) is 11.3 Å². The molecule has 3 aliphatic rings. The number of ether oxygens (including phenoxy) is 1. The van der Waals surface area contributed by atoms with Crippen molar-refractivity contribution in [3.05, 3.63) is 60.3 Å². The number of phenols is 1. The first-order chi connectivity index (χ1) is 20.4.